The molecule has 0 aliphatic rings. The molecule has 13 heavy (non-hydrogen) atoms. The van der Waals surface area contributed by atoms with Gasteiger partial charge in [0.25, 0.3) is 0 Å². The molecule has 0 saturated heterocycles. The normalized spacial score (nSPS) is 9.08. The van der Waals surface area contributed by atoms with Crippen LogP contribution in [0.2, 0.25) is 5.02 Å². The van der Waals surface area contributed by atoms with E-state index in [1.807, 2.05) is 6.11 Å². The molecule has 3 N–H and O–H groups in total. The van der Waals surface area contributed by atoms with Crippen molar-refractivity contribution in [1.82, 2.24) is 0 Å². The van der Waals surface area contributed by atoms with Crippen LogP contribution in [0.4, 0.5) is 5.69 Å². The van der Waals surface area contributed by atoms with Crippen molar-refractivity contribution in [2.45, 2.75) is 6.42 Å². The van der Waals surface area contributed by atoms with Crippen molar-refractivity contribution in [2.75, 3.05) is 5.73 Å². The van der Waals surface area contributed by atoms with Crippen molar-refractivity contribution in [3.05, 3.63) is 27.2 Å². The zero-order chi connectivity index (χ0) is 9.84. The highest BCUT2D eigenvalue weighted by molar-refractivity contribution is 9.10. The fourth-order valence-electron chi connectivity index (χ4n) is 0.915. The number of anilines is 1. The van der Waals surface area contributed by atoms with Gasteiger partial charge in [-0.05, 0) is 28.1 Å². The number of nitrogens with two attached hydrogens (primary N) is 1. The summed E-state index contributed by atoms with van der Waals surface area (Å²) in [6, 6.07) is 3.51. The molecule has 0 unspecified atom stereocenters. The molecule has 0 amide bonds. The maximum Gasteiger partial charge on any atom is 0.107 e. The van der Waals surface area contributed by atoms with E-state index in [9.17, 15) is 0 Å². The summed E-state index contributed by atoms with van der Waals surface area (Å²) in [4.78, 5) is 0. The van der Waals surface area contributed by atoms with Gasteiger partial charge in [0, 0.05) is 22.1 Å². The first-order chi connectivity index (χ1) is 6.16. The van der Waals surface area contributed by atoms with E-state index < -0.39 is 0 Å². The molecule has 4 heteroatoms. The molecule has 0 aliphatic carbocycles. The van der Waals surface area contributed by atoms with Crippen LogP contribution in [0.15, 0.2) is 16.6 Å². The van der Waals surface area contributed by atoms with E-state index in [0.29, 0.717) is 17.1 Å². The van der Waals surface area contributed by atoms with Crippen LogP contribution in [0.3, 0.4) is 0 Å². The van der Waals surface area contributed by atoms with E-state index >= 15 is 0 Å². The van der Waals surface area contributed by atoms with Gasteiger partial charge in [-0.1, -0.05) is 17.5 Å². The molecule has 0 aliphatic heterocycles. The first-order valence-electron chi connectivity index (χ1n) is 3.51. The second-order valence-electron chi connectivity index (χ2n) is 2.39. The monoisotopic (exact) mass is 259 g/mol. The standard InChI is InChI=1S/C9H7BrClNO/c10-7-3-4-8(12)6(9(7)11)2-1-5-13/h3-4,13H,2,12H2. The topological polar surface area (TPSA) is 46.2 Å². The smallest absolute Gasteiger partial charge is 0.107 e. The highest BCUT2D eigenvalue weighted by Crippen LogP contribution is 2.30. The number of rotatable bonds is 1. The molecule has 0 fully saturated rings. The summed E-state index contributed by atoms with van der Waals surface area (Å²) < 4.78 is 0.776. The number of hydrogen-bond acceptors (Lipinski definition) is 2. The van der Waals surface area contributed by atoms with E-state index in [1.54, 1.807) is 12.1 Å². The molecule has 0 atom stereocenters. The van der Waals surface area contributed by atoms with E-state index in [2.05, 4.69) is 21.9 Å². The number of nitrogen functional groups attached to an aromatic ring is 1. The summed E-state index contributed by atoms with van der Waals surface area (Å²) in [7, 11) is 0. The average Bonchev–Trinajstić information content (AvgIpc) is 2.12. The Labute approximate surface area is 89.8 Å². The van der Waals surface area contributed by atoms with Crippen LogP contribution in [0.1, 0.15) is 5.56 Å². The fourth-order valence-corrected chi connectivity index (χ4v) is 1.53. The predicted molar refractivity (Wildman–Crippen MR) is 57.0 cm³/mol. The highest BCUT2D eigenvalue weighted by Gasteiger charge is 2.06. The van der Waals surface area contributed by atoms with Crippen LogP contribution in [-0.2, 0) is 6.42 Å². The molecular weight excluding hydrogens is 253 g/mol. The maximum atomic E-state index is 8.32. The largest absolute Gasteiger partial charge is 0.462 e. The minimum atomic E-state index is 0.348. The van der Waals surface area contributed by atoms with E-state index in [-0.39, 0.29) is 0 Å². The summed E-state index contributed by atoms with van der Waals surface area (Å²) in [6.07, 6.45) is 2.16. The zero-order valence-corrected chi connectivity index (χ0v) is 8.98. The van der Waals surface area contributed by atoms with Crippen molar-refractivity contribution in [2.24, 2.45) is 0 Å². The van der Waals surface area contributed by atoms with Crippen LogP contribution in [0, 0.1) is 12.0 Å². The lowest BCUT2D eigenvalue weighted by Gasteiger charge is -2.05. The molecular formula is C9H7BrClNO. The minimum absolute atomic E-state index is 0.348. The van der Waals surface area contributed by atoms with Crippen LogP contribution in [-0.4, -0.2) is 5.11 Å². The Hall–Kier alpha value is -0.850. The van der Waals surface area contributed by atoms with Crippen LogP contribution >= 0.6 is 27.5 Å². The van der Waals surface area contributed by atoms with Crippen LogP contribution in [0.5, 0.6) is 0 Å². The minimum Gasteiger partial charge on any atom is -0.462 e. The first-order valence-corrected chi connectivity index (χ1v) is 4.68. The lowest BCUT2D eigenvalue weighted by molar-refractivity contribution is 0.516. The number of aliphatic hydroxyl groups excluding tert-OH is 1. The lowest BCUT2D eigenvalue weighted by Crippen LogP contribution is -1.94. The van der Waals surface area contributed by atoms with Gasteiger partial charge in [0.15, 0.2) is 0 Å². The van der Waals surface area contributed by atoms with Gasteiger partial charge < -0.3 is 10.8 Å². The van der Waals surface area contributed by atoms with Crippen molar-refractivity contribution in [3.63, 3.8) is 0 Å². The number of aliphatic hydroxyl groups is 1. The predicted octanol–water partition coefficient (Wildman–Crippen LogP) is 2.56. The van der Waals surface area contributed by atoms with Gasteiger partial charge in [-0.2, -0.15) is 0 Å². The summed E-state index contributed by atoms with van der Waals surface area (Å²) in [6.45, 7) is 0. The fraction of sp³-hybridized carbons (Fsp3) is 0.111. The molecule has 2 nitrogen and oxygen atoms in total. The van der Waals surface area contributed by atoms with Gasteiger partial charge in [-0.25, -0.2) is 0 Å². The zero-order valence-electron chi connectivity index (χ0n) is 6.64. The molecule has 1 aromatic carbocycles. The maximum absolute atomic E-state index is 8.32. The van der Waals surface area contributed by atoms with E-state index in [4.69, 9.17) is 22.4 Å². The summed E-state index contributed by atoms with van der Waals surface area (Å²) in [5.41, 5.74) is 6.99. The Morgan fingerprint density at radius 2 is 2.23 bits per heavy atom. The quantitative estimate of drug-likeness (QED) is 0.602. The van der Waals surface area contributed by atoms with Crippen molar-refractivity contribution in [3.8, 4) is 12.0 Å². The number of halogens is 2. The summed E-state index contributed by atoms with van der Waals surface area (Å²) >= 11 is 9.23. The Morgan fingerprint density at radius 1 is 1.54 bits per heavy atom. The van der Waals surface area contributed by atoms with Crippen LogP contribution in [0.25, 0.3) is 0 Å². The third-order valence-electron chi connectivity index (χ3n) is 1.58. The lowest BCUT2D eigenvalue weighted by atomic mass is 10.1. The Balaban J connectivity index is 3.14. The van der Waals surface area contributed by atoms with E-state index in [0.717, 1.165) is 10.0 Å². The van der Waals surface area contributed by atoms with E-state index in [1.165, 1.54) is 0 Å². The van der Waals surface area contributed by atoms with Crippen molar-refractivity contribution in [1.29, 1.82) is 0 Å². The molecule has 0 saturated carbocycles. The molecule has 0 bridgehead atoms. The van der Waals surface area contributed by atoms with Gasteiger partial charge >= 0.3 is 0 Å². The summed E-state index contributed by atoms with van der Waals surface area (Å²) in [5.74, 6) is 2.49. The molecule has 1 aromatic rings. The number of hydrogen-bond donors (Lipinski definition) is 2. The van der Waals surface area contributed by atoms with Gasteiger partial charge in [-0.3, -0.25) is 0 Å². The van der Waals surface area contributed by atoms with Gasteiger partial charge in [0.05, 0.1) is 5.02 Å². The SMILES string of the molecule is Nc1ccc(Br)c(Cl)c1CC#CO. The first kappa shape index (κ1) is 10.2. The van der Waals surface area contributed by atoms with Gasteiger partial charge in [-0.15, -0.1) is 0 Å². The number of benzene rings is 1. The average molecular weight is 261 g/mol. The van der Waals surface area contributed by atoms with Gasteiger partial charge in [0.1, 0.15) is 6.11 Å². The molecule has 0 spiro atoms. The van der Waals surface area contributed by atoms with Gasteiger partial charge in [0.2, 0.25) is 0 Å². The third-order valence-corrected chi connectivity index (χ3v) is 2.90. The molecule has 0 aromatic heterocycles. The molecule has 0 radical (unpaired) electrons. The Bertz CT molecular complexity index is 381. The second-order valence-corrected chi connectivity index (χ2v) is 3.63. The third kappa shape index (κ3) is 2.30. The highest BCUT2D eigenvalue weighted by atomic mass is 79.9. The van der Waals surface area contributed by atoms with Crippen molar-refractivity contribution >= 4 is 33.2 Å². The Morgan fingerprint density at radius 3 is 2.85 bits per heavy atom. The Kier molecular flexibility index (Phi) is 3.47. The summed E-state index contributed by atoms with van der Waals surface area (Å²) in [5, 5.41) is 8.87. The van der Waals surface area contributed by atoms with Crippen LogP contribution < -0.4 is 5.73 Å². The second kappa shape index (κ2) is 4.40. The molecule has 68 valence electrons. The molecule has 1 rings (SSSR count). The molecule has 0 heterocycles. The van der Waals surface area contributed by atoms with Crippen molar-refractivity contribution < 1.29 is 5.11 Å².